The van der Waals surface area contributed by atoms with E-state index >= 15 is 0 Å². The van der Waals surface area contributed by atoms with Gasteiger partial charge in [0.05, 0.1) is 0 Å². The van der Waals surface area contributed by atoms with Gasteiger partial charge in [-0.05, 0) is 63.4 Å². The van der Waals surface area contributed by atoms with Crippen LogP contribution in [0.4, 0.5) is 0 Å². The molecule has 100 valence electrons. The van der Waals surface area contributed by atoms with Crippen molar-refractivity contribution >= 4 is 0 Å². The zero-order chi connectivity index (χ0) is 12.8. The van der Waals surface area contributed by atoms with Crippen molar-refractivity contribution in [2.45, 2.75) is 44.7 Å². The van der Waals surface area contributed by atoms with E-state index in [2.05, 4.69) is 17.6 Å². The summed E-state index contributed by atoms with van der Waals surface area (Å²) in [7, 11) is 0. The molecule has 0 radical (unpaired) electrons. The van der Waals surface area contributed by atoms with Crippen LogP contribution in [0.15, 0.2) is 24.3 Å². The fraction of sp³-hybridized carbons (Fsp3) is 0.600. The lowest BCUT2D eigenvalue weighted by Gasteiger charge is -2.18. The van der Waals surface area contributed by atoms with Crippen LogP contribution in [0.5, 0.6) is 5.75 Å². The average molecular weight is 248 g/mol. The van der Waals surface area contributed by atoms with Gasteiger partial charge in [-0.3, -0.25) is 0 Å². The molecule has 2 atom stereocenters. The predicted molar refractivity (Wildman–Crippen MR) is 74.9 cm³/mol. The highest BCUT2D eigenvalue weighted by atomic mass is 16.3. The first-order valence-corrected chi connectivity index (χ1v) is 6.99. The van der Waals surface area contributed by atoms with Crippen LogP contribution >= 0.6 is 0 Å². The van der Waals surface area contributed by atoms with Crippen molar-refractivity contribution < 1.29 is 5.11 Å². The van der Waals surface area contributed by atoms with Crippen molar-refractivity contribution in [2.75, 3.05) is 13.1 Å². The van der Waals surface area contributed by atoms with Crippen LogP contribution in [0.25, 0.3) is 0 Å². The molecule has 2 rings (SSSR count). The summed E-state index contributed by atoms with van der Waals surface area (Å²) in [5, 5.41) is 16.3. The van der Waals surface area contributed by atoms with E-state index in [4.69, 9.17) is 0 Å². The minimum Gasteiger partial charge on any atom is -0.508 e. The third-order valence-electron chi connectivity index (χ3n) is 3.64. The minimum absolute atomic E-state index is 0.340. The Bertz CT molecular complexity index is 344. The third-order valence-corrected chi connectivity index (χ3v) is 3.64. The highest BCUT2D eigenvalue weighted by Crippen LogP contribution is 2.11. The normalized spacial score (nSPS) is 21.1. The molecule has 2 unspecified atom stereocenters. The van der Waals surface area contributed by atoms with E-state index in [1.165, 1.54) is 31.4 Å². The Kier molecular flexibility index (Phi) is 5.02. The molecule has 1 saturated heterocycles. The standard InChI is InChI=1S/C15H24N2O/c1-12(11-14-3-2-9-17-14)16-10-8-13-4-6-15(18)7-5-13/h4-7,12,14,16-18H,2-3,8-11H2,1H3. The number of hydrogen-bond acceptors (Lipinski definition) is 3. The Morgan fingerprint density at radius 1 is 1.39 bits per heavy atom. The number of aromatic hydroxyl groups is 1. The van der Waals surface area contributed by atoms with Crippen LogP contribution in [0, 0.1) is 0 Å². The molecule has 0 aromatic heterocycles. The average Bonchev–Trinajstić information content (AvgIpc) is 2.84. The molecule has 3 N–H and O–H groups in total. The second kappa shape index (κ2) is 6.76. The summed E-state index contributed by atoms with van der Waals surface area (Å²) in [6, 6.07) is 8.75. The molecule has 1 heterocycles. The summed E-state index contributed by atoms with van der Waals surface area (Å²) in [6.07, 6.45) is 4.88. The summed E-state index contributed by atoms with van der Waals surface area (Å²) in [5.74, 6) is 0.340. The summed E-state index contributed by atoms with van der Waals surface area (Å²) in [6.45, 7) is 4.44. The van der Waals surface area contributed by atoms with Gasteiger partial charge in [0.25, 0.3) is 0 Å². The fourth-order valence-electron chi connectivity index (χ4n) is 2.59. The minimum atomic E-state index is 0.340. The molecule has 1 aromatic carbocycles. The maximum atomic E-state index is 9.21. The Morgan fingerprint density at radius 3 is 2.83 bits per heavy atom. The largest absolute Gasteiger partial charge is 0.508 e. The molecule has 1 aliphatic rings. The zero-order valence-electron chi connectivity index (χ0n) is 11.2. The molecule has 0 saturated carbocycles. The Morgan fingerprint density at radius 2 is 2.17 bits per heavy atom. The van der Waals surface area contributed by atoms with Gasteiger partial charge in [-0.1, -0.05) is 12.1 Å². The summed E-state index contributed by atoms with van der Waals surface area (Å²) in [5.41, 5.74) is 1.27. The molecule has 1 fully saturated rings. The maximum absolute atomic E-state index is 9.21. The van der Waals surface area contributed by atoms with E-state index in [0.717, 1.165) is 13.0 Å². The molecular weight excluding hydrogens is 224 g/mol. The Balaban J connectivity index is 1.63. The van der Waals surface area contributed by atoms with Crippen LogP contribution in [0.2, 0.25) is 0 Å². The van der Waals surface area contributed by atoms with Crippen molar-refractivity contribution in [3.05, 3.63) is 29.8 Å². The summed E-state index contributed by atoms with van der Waals surface area (Å²) in [4.78, 5) is 0. The molecule has 3 heteroatoms. The van der Waals surface area contributed by atoms with Crippen LogP contribution in [0.1, 0.15) is 31.7 Å². The van der Waals surface area contributed by atoms with E-state index < -0.39 is 0 Å². The van der Waals surface area contributed by atoms with Gasteiger partial charge in [-0.15, -0.1) is 0 Å². The predicted octanol–water partition coefficient (Wildman–Crippen LogP) is 2.05. The molecule has 0 spiro atoms. The zero-order valence-corrected chi connectivity index (χ0v) is 11.2. The van der Waals surface area contributed by atoms with E-state index in [1.807, 2.05) is 12.1 Å². The highest BCUT2D eigenvalue weighted by molar-refractivity contribution is 5.25. The van der Waals surface area contributed by atoms with Crippen molar-refractivity contribution in [3.8, 4) is 5.75 Å². The number of nitrogens with one attached hydrogen (secondary N) is 2. The first-order valence-electron chi connectivity index (χ1n) is 6.99. The van der Waals surface area contributed by atoms with E-state index in [9.17, 15) is 5.11 Å². The van der Waals surface area contributed by atoms with Gasteiger partial charge in [-0.25, -0.2) is 0 Å². The number of hydrogen-bond donors (Lipinski definition) is 3. The van der Waals surface area contributed by atoms with E-state index in [0.29, 0.717) is 17.8 Å². The molecule has 18 heavy (non-hydrogen) atoms. The monoisotopic (exact) mass is 248 g/mol. The smallest absolute Gasteiger partial charge is 0.115 e. The molecular formula is C15H24N2O. The summed E-state index contributed by atoms with van der Waals surface area (Å²) >= 11 is 0. The molecule has 0 aliphatic carbocycles. The summed E-state index contributed by atoms with van der Waals surface area (Å²) < 4.78 is 0. The molecule has 1 aromatic rings. The van der Waals surface area contributed by atoms with Crippen molar-refractivity contribution in [3.63, 3.8) is 0 Å². The van der Waals surface area contributed by atoms with E-state index in [1.54, 1.807) is 12.1 Å². The van der Waals surface area contributed by atoms with Crippen molar-refractivity contribution in [1.82, 2.24) is 10.6 Å². The van der Waals surface area contributed by atoms with Crippen LogP contribution in [-0.2, 0) is 6.42 Å². The fourth-order valence-corrected chi connectivity index (χ4v) is 2.59. The molecule has 3 nitrogen and oxygen atoms in total. The van der Waals surface area contributed by atoms with Gasteiger partial charge in [-0.2, -0.15) is 0 Å². The van der Waals surface area contributed by atoms with Crippen LogP contribution < -0.4 is 10.6 Å². The first kappa shape index (κ1) is 13.4. The topological polar surface area (TPSA) is 44.3 Å². The van der Waals surface area contributed by atoms with Gasteiger partial charge in [0, 0.05) is 12.1 Å². The van der Waals surface area contributed by atoms with Crippen LogP contribution in [0.3, 0.4) is 0 Å². The van der Waals surface area contributed by atoms with Crippen molar-refractivity contribution in [1.29, 1.82) is 0 Å². The molecule has 1 aliphatic heterocycles. The third kappa shape index (κ3) is 4.31. The molecule has 0 amide bonds. The lowest BCUT2D eigenvalue weighted by atomic mass is 10.1. The molecule has 0 bridgehead atoms. The van der Waals surface area contributed by atoms with Gasteiger partial charge < -0.3 is 15.7 Å². The number of benzene rings is 1. The van der Waals surface area contributed by atoms with Crippen LogP contribution in [-0.4, -0.2) is 30.3 Å². The number of phenolic OH excluding ortho intramolecular Hbond substituents is 1. The van der Waals surface area contributed by atoms with Gasteiger partial charge in [0.2, 0.25) is 0 Å². The Labute approximate surface area is 110 Å². The van der Waals surface area contributed by atoms with Gasteiger partial charge in [0.15, 0.2) is 0 Å². The first-order chi connectivity index (χ1) is 8.74. The second-order valence-corrected chi connectivity index (χ2v) is 5.30. The highest BCUT2D eigenvalue weighted by Gasteiger charge is 2.16. The van der Waals surface area contributed by atoms with Crippen molar-refractivity contribution in [2.24, 2.45) is 0 Å². The van der Waals surface area contributed by atoms with E-state index in [-0.39, 0.29) is 0 Å². The Hall–Kier alpha value is -1.06. The van der Waals surface area contributed by atoms with Gasteiger partial charge in [0.1, 0.15) is 5.75 Å². The SMILES string of the molecule is CC(CC1CCCN1)NCCc1ccc(O)cc1. The lowest BCUT2D eigenvalue weighted by Crippen LogP contribution is -2.34. The second-order valence-electron chi connectivity index (χ2n) is 5.30. The van der Waals surface area contributed by atoms with Gasteiger partial charge >= 0.3 is 0 Å². The lowest BCUT2D eigenvalue weighted by molar-refractivity contribution is 0.442. The number of phenols is 1. The maximum Gasteiger partial charge on any atom is 0.115 e. The quantitative estimate of drug-likeness (QED) is 0.722. The number of rotatable bonds is 6.